The Hall–Kier alpha value is -2.62. The molecule has 0 heterocycles. The van der Waals surface area contributed by atoms with Gasteiger partial charge in [0.1, 0.15) is 12.2 Å². The normalized spacial score (nSPS) is 13.1. The fourth-order valence-corrected chi connectivity index (χ4v) is 3.68. The Balaban J connectivity index is 1.88. The predicted octanol–water partition coefficient (Wildman–Crippen LogP) is 6.65. The van der Waals surface area contributed by atoms with E-state index in [9.17, 15) is 9.59 Å². The average molecular weight is 439 g/mol. The molecule has 2 aromatic rings. The molecule has 2 rings (SSSR count). The van der Waals surface area contributed by atoms with Gasteiger partial charge in [-0.3, -0.25) is 0 Å². The van der Waals surface area contributed by atoms with Gasteiger partial charge >= 0.3 is 11.9 Å². The van der Waals surface area contributed by atoms with E-state index in [1.165, 1.54) is 11.1 Å². The van der Waals surface area contributed by atoms with E-state index < -0.39 is 0 Å². The molecule has 0 saturated carbocycles. The minimum Gasteiger partial charge on any atom is -0.459 e. The number of carbonyl (C=O) groups is 2. The summed E-state index contributed by atoms with van der Waals surface area (Å²) in [5, 5.41) is 0. The first kappa shape index (κ1) is 25.6. The Labute approximate surface area is 193 Å². The van der Waals surface area contributed by atoms with E-state index in [0.717, 1.165) is 12.8 Å². The summed E-state index contributed by atoms with van der Waals surface area (Å²) in [6.45, 7) is 12.5. The summed E-state index contributed by atoms with van der Waals surface area (Å²) >= 11 is 0. The first-order valence-electron chi connectivity index (χ1n) is 11.8. The second kappa shape index (κ2) is 12.4. The summed E-state index contributed by atoms with van der Waals surface area (Å²) in [6.07, 6.45) is 2.41. The highest BCUT2D eigenvalue weighted by atomic mass is 16.6. The van der Waals surface area contributed by atoms with Crippen molar-refractivity contribution in [2.75, 3.05) is 0 Å². The molecule has 0 aliphatic carbocycles. The van der Waals surface area contributed by atoms with Crippen LogP contribution in [-0.2, 0) is 22.3 Å². The van der Waals surface area contributed by atoms with Crippen molar-refractivity contribution in [3.05, 3.63) is 70.8 Å². The lowest BCUT2D eigenvalue weighted by atomic mass is 10.0. The molecule has 2 unspecified atom stereocenters. The van der Waals surface area contributed by atoms with Gasteiger partial charge in [0.05, 0.1) is 11.1 Å². The van der Waals surface area contributed by atoms with Gasteiger partial charge in [0.25, 0.3) is 0 Å². The molecule has 0 spiro atoms. The van der Waals surface area contributed by atoms with Crippen LogP contribution < -0.4 is 0 Å². The van der Waals surface area contributed by atoms with E-state index in [-0.39, 0.29) is 24.1 Å². The van der Waals surface area contributed by atoms with Gasteiger partial charge in [-0.25, -0.2) is 9.59 Å². The molecule has 0 radical (unpaired) electrons. The SMILES string of the molecule is CCC(CC(C)OC(=O)c1ccc(CC(C)C)cc1)OC(=O)c1ccc(CC(C)C)cc1. The van der Waals surface area contributed by atoms with Crippen LogP contribution in [0.25, 0.3) is 0 Å². The number of hydrogen-bond acceptors (Lipinski definition) is 4. The van der Waals surface area contributed by atoms with Crippen molar-refractivity contribution < 1.29 is 19.1 Å². The standard InChI is InChI=1S/C28H38O4/c1-7-26(32-28(30)25-14-10-23(11-15-25)17-20(4)5)18-21(6)31-27(29)24-12-8-22(9-13-24)16-19(2)3/h8-15,19-21,26H,7,16-18H2,1-6H3. The van der Waals surface area contributed by atoms with Gasteiger partial charge in [-0.1, -0.05) is 58.9 Å². The Morgan fingerprint density at radius 2 is 1.09 bits per heavy atom. The molecular formula is C28H38O4. The van der Waals surface area contributed by atoms with E-state index >= 15 is 0 Å². The van der Waals surface area contributed by atoms with Gasteiger partial charge in [0.15, 0.2) is 0 Å². The molecule has 0 bridgehead atoms. The van der Waals surface area contributed by atoms with Gasteiger partial charge in [-0.2, -0.15) is 0 Å². The lowest BCUT2D eigenvalue weighted by molar-refractivity contribution is 0.00281. The van der Waals surface area contributed by atoms with Crippen LogP contribution in [0.15, 0.2) is 48.5 Å². The molecular weight excluding hydrogens is 400 g/mol. The van der Waals surface area contributed by atoms with Crippen molar-refractivity contribution in [3.8, 4) is 0 Å². The first-order chi connectivity index (χ1) is 15.2. The molecule has 0 aliphatic heterocycles. The van der Waals surface area contributed by atoms with Crippen LogP contribution in [-0.4, -0.2) is 24.1 Å². The summed E-state index contributed by atoms with van der Waals surface area (Å²) in [6, 6.07) is 15.2. The van der Waals surface area contributed by atoms with Gasteiger partial charge in [0.2, 0.25) is 0 Å². The zero-order valence-corrected chi connectivity index (χ0v) is 20.4. The Bertz CT molecular complexity index is 850. The highest BCUT2D eigenvalue weighted by molar-refractivity contribution is 5.90. The summed E-state index contributed by atoms with van der Waals surface area (Å²) in [7, 11) is 0. The van der Waals surface area contributed by atoms with Crippen molar-refractivity contribution in [1.82, 2.24) is 0 Å². The van der Waals surface area contributed by atoms with Crippen LogP contribution in [0.4, 0.5) is 0 Å². The fraction of sp³-hybridized carbons (Fsp3) is 0.500. The van der Waals surface area contributed by atoms with Crippen molar-refractivity contribution in [2.24, 2.45) is 11.8 Å². The van der Waals surface area contributed by atoms with Crippen LogP contribution in [0, 0.1) is 11.8 Å². The smallest absolute Gasteiger partial charge is 0.338 e. The van der Waals surface area contributed by atoms with E-state index in [0.29, 0.717) is 35.8 Å². The minimum atomic E-state index is -0.357. The minimum absolute atomic E-state index is 0.311. The van der Waals surface area contributed by atoms with E-state index in [1.54, 1.807) is 0 Å². The molecule has 2 atom stereocenters. The lowest BCUT2D eigenvalue weighted by Gasteiger charge is -2.21. The van der Waals surface area contributed by atoms with Crippen molar-refractivity contribution in [2.45, 2.75) is 79.4 Å². The predicted molar refractivity (Wildman–Crippen MR) is 129 cm³/mol. The third kappa shape index (κ3) is 8.49. The highest BCUT2D eigenvalue weighted by Crippen LogP contribution is 2.17. The second-order valence-corrected chi connectivity index (χ2v) is 9.48. The average Bonchev–Trinajstić information content (AvgIpc) is 2.73. The number of rotatable bonds is 11. The fourth-order valence-electron chi connectivity index (χ4n) is 3.68. The number of ether oxygens (including phenoxy) is 2. The molecule has 4 nitrogen and oxygen atoms in total. The highest BCUT2D eigenvalue weighted by Gasteiger charge is 2.20. The Kier molecular flexibility index (Phi) is 9.96. The van der Waals surface area contributed by atoms with Gasteiger partial charge in [0, 0.05) is 6.42 Å². The summed E-state index contributed by atoms with van der Waals surface area (Å²) in [5.41, 5.74) is 3.50. The third-order valence-corrected chi connectivity index (χ3v) is 5.30. The van der Waals surface area contributed by atoms with E-state index in [2.05, 4.69) is 27.7 Å². The maximum Gasteiger partial charge on any atom is 0.338 e. The van der Waals surface area contributed by atoms with Crippen LogP contribution in [0.3, 0.4) is 0 Å². The molecule has 4 heteroatoms. The molecule has 0 aromatic heterocycles. The summed E-state index contributed by atoms with van der Waals surface area (Å²) < 4.78 is 11.3. The number of carbonyl (C=O) groups excluding carboxylic acids is 2. The van der Waals surface area contributed by atoms with Crippen LogP contribution in [0.5, 0.6) is 0 Å². The lowest BCUT2D eigenvalue weighted by Crippen LogP contribution is -2.25. The van der Waals surface area contributed by atoms with Gasteiger partial charge in [-0.15, -0.1) is 0 Å². The first-order valence-corrected chi connectivity index (χ1v) is 11.8. The zero-order chi connectivity index (χ0) is 23.7. The second-order valence-electron chi connectivity index (χ2n) is 9.48. The van der Waals surface area contributed by atoms with Gasteiger partial charge in [-0.05, 0) is 73.4 Å². The van der Waals surface area contributed by atoms with Gasteiger partial charge < -0.3 is 9.47 Å². The largest absolute Gasteiger partial charge is 0.459 e. The molecule has 174 valence electrons. The Morgan fingerprint density at radius 3 is 1.47 bits per heavy atom. The van der Waals surface area contributed by atoms with Crippen LogP contribution in [0.2, 0.25) is 0 Å². The molecule has 32 heavy (non-hydrogen) atoms. The summed E-state index contributed by atoms with van der Waals surface area (Å²) in [5.74, 6) is 0.446. The molecule has 0 fully saturated rings. The van der Waals surface area contributed by atoms with Crippen LogP contribution in [0.1, 0.15) is 86.2 Å². The monoisotopic (exact) mass is 438 g/mol. The van der Waals surface area contributed by atoms with Crippen molar-refractivity contribution in [1.29, 1.82) is 0 Å². The van der Waals surface area contributed by atoms with Crippen LogP contribution >= 0.6 is 0 Å². The number of hydrogen-bond donors (Lipinski definition) is 0. The maximum atomic E-state index is 12.6. The number of benzene rings is 2. The summed E-state index contributed by atoms with van der Waals surface area (Å²) in [4.78, 5) is 25.0. The molecule has 0 saturated heterocycles. The molecule has 0 N–H and O–H groups in total. The van der Waals surface area contributed by atoms with E-state index in [4.69, 9.17) is 9.47 Å². The quantitative estimate of drug-likeness (QED) is 0.368. The Morgan fingerprint density at radius 1 is 0.688 bits per heavy atom. The number of esters is 2. The van der Waals surface area contributed by atoms with Crippen molar-refractivity contribution in [3.63, 3.8) is 0 Å². The topological polar surface area (TPSA) is 52.6 Å². The molecule has 0 aliphatic rings. The van der Waals surface area contributed by atoms with Crippen molar-refractivity contribution >= 4 is 11.9 Å². The maximum absolute atomic E-state index is 12.6. The van der Waals surface area contributed by atoms with E-state index in [1.807, 2.05) is 62.4 Å². The zero-order valence-electron chi connectivity index (χ0n) is 20.4. The molecule has 2 aromatic carbocycles. The third-order valence-electron chi connectivity index (χ3n) is 5.30. The molecule has 0 amide bonds.